The average Bonchev–Trinajstić information content (AvgIpc) is 3.08. The summed E-state index contributed by atoms with van der Waals surface area (Å²) in [6.45, 7) is 5.80. The molecule has 3 rings (SSSR count). The van der Waals surface area contributed by atoms with Crippen LogP contribution in [0.15, 0.2) is 12.1 Å². The minimum atomic E-state index is -0.154. The zero-order chi connectivity index (χ0) is 17.3. The van der Waals surface area contributed by atoms with E-state index >= 15 is 0 Å². The highest BCUT2D eigenvalue weighted by molar-refractivity contribution is 5.87. The standard InChI is InChI=1S/C19H26N2O3/c1-13-16(5-6-19(22)24-4)17-9-14-11-21(7-8-23-3)12-15(14)10-18(17)20(13)2/h9-10H,5-8,11-12H2,1-4H3. The minimum absolute atomic E-state index is 0.154. The lowest BCUT2D eigenvalue weighted by Crippen LogP contribution is -2.21. The molecular weight excluding hydrogens is 304 g/mol. The maximum Gasteiger partial charge on any atom is 0.305 e. The lowest BCUT2D eigenvalue weighted by atomic mass is 10.0. The predicted octanol–water partition coefficient (Wildman–Crippen LogP) is 2.55. The van der Waals surface area contributed by atoms with Gasteiger partial charge in [0.2, 0.25) is 0 Å². The van der Waals surface area contributed by atoms with Crippen molar-refractivity contribution >= 4 is 16.9 Å². The first-order valence-corrected chi connectivity index (χ1v) is 8.43. The Kier molecular flexibility index (Phi) is 4.92. The molecule has 1 aromatic carbocycles. The first-order valence-electron chi connectivity index (χ1n) is 8.43. The molecular formula is C19H26N2O3. The summed E-state index contributed by atoms with van der Waals surface area (Å²) in [6, 6.07) is 4.63. The summed E-state index contributed by atoms with van der Waals surface area (Å²) in [7, 11) is 5.29. The van der Waals surface area contributed by atoms with Gasteiger partial charge in [-0.05, 0) is 42.2 Å². The highest BCUT2D eigenvalue weighted by atomic mass is 16.5. The first-order chi connectivity index (χ1) is 11.5. The smallest absolute Gasteiger partial charge is 0.305 e. The van der Waals surface area contributed by atoms with Gasteiger partial charge in [-0.15, -0.1) is 0 Å². The van der Waals surface area contributed by atoms with Gasteiger partial charge in [-0.2, -0.15) is 0 Å². The molecule has 0 unspecified atom stereocenters. The maximum absolute atomic E-state index is 11.5. The second-order valence-electron chi connectivity index (χ2n) is 6.54. The van der Waals surface area contributed by atoms with Crippen molar-refractivity contribution in [3.05, 3.63) is 34.5 Å². The quantitative estimate of drug-likeness (QED) is 0.764. The van der Waals surface area contributed by atoms with Gasteiger partial charge in [0.1, 0.15) is 0 Å². The van der Waals surface area contributed by atoms with Crippen molar-refractivity contribution in [1.29, 1.82) is 0 Å². The number of ether oxygens (including phenoxy) is 2. The molecule has 24 heavy (non-hydrogen) atoms. The Labute approximate surface area is 143 Å². The molecule has 0 fully saturated rings. The van der Waals surface area contributed by atoms with Gasteiger partial charge in [0.15, 0.2) is 0 Å². The van der Waals surface area contributed by atoms with Crippen LogP contribution in [0.4, 0.5) is 0 Å². The third-order valence-electron chi connectivity index (χ3n) is 5.15. The summed E-state index contributed by atoms with van der Waals surface area (Å²) in [6.07, 6.45) is 1.15. The van der Waals surface area contributed by atoms with Gasteiger partial charge < -0.3 is 14.0 Å². The van der Waals surface area contributed by atoms with E-state index < -0.39 is 0 Å². The van der Waals surface area contributed by atoms with Crippen molar-refractivity contribution in [1.82, 2.24) is 9.47 Å². The number of benzene rings is 1. The molecule has 0 N–H and O–H groups in total. The number of hydrogen-bond donors (Lipinski definition) is 0. The third-order valence-corrected chi connectivity index (χ3v) is 5.15. The molecule has 5 nitrogen and oxygen atoms in total. The number of esters is 1. The van der Waals surface area contributed by atoms with Crippen LogP contribution in [0.25, 0.3) is 10.9 Å². The van der Waals surface area contributed by atoms with Crippen LogP contribution in [-0.4, -0.2) is 42.8 Å². The molecule has 0 amide bonds. The molecule has 0 saturated heterocycles. The minimum Gasteiger partial charge on any atom is -0.469 e. The molecule has 1 aromatic heterocycles. The Hall–Kier alpha value is -1.85. The van der Waals surface area contributed by atoms with Gasteiger partial charge >= 0.3 is 5.97 Å². The molecule has 0 spiro atoms. The summed E-state index contributed by atoms with van der Waals surface area (Å²) in [5.74, 6) is -0.154. The molecule has 130 valence electrons. The topological polar surface area (TPSA) is 43.7 Å². The Morgan fingerprint density at radius 3 is 2.58 bits per heavy atom. The van der Waals surface area contributed by atoms with Gasteiger partial charge in [-0.1, -0.05) is 0 Å². The number of carbonyl (C=O) groups is 1. The Morgan fingerprint density at radius 2 is 1.92 bits per heavy atom. The number of nitrogens with zero attached hydrogens (tertiary/aromatic N) is 2. The molecule has 0 atom stereocenters. The van der Waals surface area contributed by atoms with Crippen LogP contribution in [0, 0.1) is 6.92 Å². The van der Waals surface area contributed by atoms with E-state index in [0.29, 0.717) is 6.42 Å². The van der Waals surface area contributed by atoms with Crippen molar-refractivity contribution < 1.29 is 14.3 Å². The lowest BCUT2D eigenvalue weighted by Gasteiger charge is -2.13. The van der Waals surface area contributed by atoms with E-state index in [0.717, 1.165) is 32.7 Å². The van der Waals surface area contributed by atoms with Crippen LogP contribution in [-0.2, 0) is 40.8 Å². The molecule has 2 aromatic rings. The molecule has 0 bridgehead atoms. The van der Waals surface area contributed by atoms with E-state index in [1.165, 1.54) is 40.4 Å². The van der Waals surface area contributed by atoms with E-state index in [4.69, 9.17) is 9.47 Å². The van der Waals surface area contributed by atoms with E-state index in [1.807, 2.05) is 0 Å². The van der Waals surface area contributed by atoms with E-state index in [1.54, 1.807) is 7.11 Å². The summed E-state index contributed by atoms with van der Waals surface area (Å²) < 4.78 is 12.2. The number of fused-ring (bicyclic) bond motifs is 2. The largest absolute Gasteiger partial charge is 0.469 e. The maximum atomic E-state index is 11.5. The summed E-state index contributed by atoms with van der Waals surface area (Å²) in [5, 5.41) is 1.27. The SMILES string of the molecule is COCCN1Cc2cc3c(CCC(=O)OC)c(C)n(C)c3cc2C1. The Bertz CT molecular complexity index is 764. The molecule has 0 aliphatic carbocycles. The molecule has 0 radical (unpaired) electrons. The Balaban J connectivity index is 1.92. The number of methoxy groups -OCH3 is 2. The fourth-order valence-corrected chi connectivity index (χ4v) is 3.63. The molecule has 2 heterocycles. The average molecular weight is 330 g/mol. The summed E-state index contributed by atoms with van der Waals surface area (Å²) in [4.78, 5) is 13.9. The van der Waals surface area contributed by atoms with Gasteiger partial charge in [0.25, 0.3) is 0 Å². The summed E-state index contributed by atoms with van der Waals surface area (Å²) >= 11 is 0. The monoisotopic (exact) mass is 330 g/mol. The number of carbonyl (C=O) groups excluding carboxylic acids is 1. The molecule has 1 aliphatic rings. The Morgan fingerprint density at radius 1 is 1.21 bits per heavy atom. The van der Waals surface area contributed by atoms with Crippen LogP contribution < -0.4 is 0 Å². The zero-order valence-corrected chi connectivity index (χ0v) is 15.0. The highest BCUT2D eigenvalue weighted by Crippen LogP contribution is 2.32. The zero-order valence-electron chi connectivity index (χ0n) is 15.0. The van der Waals surface area contributed by atoms with E-state index in [2.05, 4.69) is 35.6 Å². The predicted molar refractivity (Wildman–Crippen MR) is 94.0 cm³/mol. The van der Waals surface area contributed by atoms with Crippen LogP contribution >= 0.6 is 0 Å². The van der Waals surface area contributed by atoms with Crippen LogP contribution in [0.2, 0.25) is 0 Å². The molecule has 5 heteroatoms. The van der Waals surface area contributed by atoms with Crippen LogP contribution in [0.3, 0.4) is 0 Å². The molecule has 0 saturated carbocycles. The van der Waals surface area contributed by atoms with Gasteiger partial charge in [-0.25, -0.2) is 0 Å². The van der Waals surface area contributed by atoms with Gasteiger partial charge in [-0.3, -0.25) is 9.69 Å². The van der Waals surface area contributed by atoms with Crippen molar-refractivity contribution in [2.75, 3.05) is 27.4 Å². The second-order valence-corrected chi connectivity index (χ2v) is 6.54. The van der Waals surface area contributed by atoms with Gasteiger partial charge in [0.05, 0.1) is 13.7 Å². The summed E-state index contributed by atoms with van der Waals surface area (Å²) in [5.41, 5.74) is 6.53. The van der Waals surface area contributed by atoms with Crippen molar-refractivity contribution in [2.45, 2.75) is 32.9 Å². The van der Waals surface area contributed by atoms with Crippen LogP contribution in [0.5, 0.6) is 0 Å². The van der Waals surface area contributed by atoms with Crippen molar-refractivity contribution in [3.63, 3.8) is 0 Å². The number of aromatic nitrogens is 1. The van der Waals surface area contributed by atoms with Crippen LogP contribution in [0.1, 0.15) is 28.8 Å². The lowest BCUT2D eigenvalue weighted by molar-refractivity contribution is -0.140. The highest BCUT2D eigenvalue weighted by Gasteiger charge is 2.22. The van der Waals surface area contributed by atoms with Gasteiger partial charge in [0, 0.05) is 56.8 Å². The second kappa shape index (κ2) is 6.95. The van der Waals surface area contributed by atoms with Crippen molar-refractivity contribution in [2.24, 2.45) is 7.05 Å². The fraction of sp³-hybridized carbons (Fsp3) is 0.526. The fourth-order valence-electron chi connectivity index (χ4n) is 3.63. The third kappa shape index (κ3) is 3.06. The number of rotatable bonds is 6. The van der Waals surface area contributed by atoms with Crippen molar-refractivity contribution in [3.8, 4) is 0 Å². The molecule has 1 aliphatic heterocycles. The number of hydrogen-bond acceptors (Lipinski definition) is 4. The van der Waals surface area contributed by atoms with E-state index in [-0.39, 0.29) is 5.97 Å². The van der Waals surface area contributed by atoms with E-state index in [9.17, 15) is 4.79 Å². The number of aryl methyl sites for hydroxylation is 2. The first kappa shape index (κ1) is 17.0. The normalized spacial score (nSPS) is 14.3.